The van der Waals surface area contributed by atoms with Crippen LogP contribution in [0.5, 0.6) is 5.75 Å². The Balaban J connectivity index is 1.76. The Morgan fingerprint density at radius 2 is 2.03 bits per heavy atom. The minimum atomic E-state index is -0.854. The summed E-state index contributed by atoms with van der Waals surface area (Å²) in [6, 6.07) is 10.9. The van der Waals surface area contributed by atoms with E-state index in [-0.39, 0.29) is 44.3 Å². The molecule has 1 atom stereocenters. The van der Waals surface area contributed by atoms with Gasteiger partial charge >= 0.3 is 5.97 Å². The van der Waals surface area contributed by atoms with E-state index in [0.29, 0.717) is 22.0 Å². The first kappa shape index (κ1) is 23.1. The number of ether oxygens (including phenoxy) is 2. The fourth-order valence-corrected chi connectivity index (χ4v) is 5.30. The van der Waals surface area contributed by atoms with Crippen LogP contribution in [0.4, 0.5) is 5.13 Å². The number of hydrogen-bond donors (Lipinski definition) is 0. The van der Waals surface area contributed by atoms with Crippen LogP contribution in [0.15, 0.2) is 51.7 Å². The molecule has 3 heterocycles. The van der Waals surface area contributed by atoms with Gasteiger partial charge in [0.1, 0.15) is 16.2 Å². The molecule has 1 unspecified atom stereocenters. The number of nitrogens with zero attached hydrogens (tertiary/aromatic N) is 2. The van der Waals surface area contributed by atoms with Crippen molar-refractivity contribution in [3.8, 4) is 5.75 Å². The number of fused-ring (bicyclic) bond motifs is 2. The number of aryl methyl sites for hydroxylation is 1. The predicted molar refractivity (Wildman–Crippen MR) is 132 cm³/mol. The number of thiazole rings is 1. The van der Waals surface area contributed by atoms with Crippen molar-refractivity contribution in [3.05, 3.63) is 85.2 Å². The molecule has 1 aliphatic heterocycles. The molecule has 0 bridgehead atoms. The first-order valence-electron chi connectivity index (χ1n) is 10.7. The Bertz CT molecular complexity index is 1560. The zero-order valence-electron chi connectivity index (χ0n) is 19.0. The lowest BCUT2D eigenvalue weighted by Gasteiger charge is -2.22. The average molecular weight is 511 g/mol. The van der Waals surface area contributed by atoms with Crippen LogP contribution in [0.3, 0.4) is 0 Å². The molecule has 178 valence electrons. The monoisotopic (exact) mass is 510 g/mol. The second kappa shape index (κ2) is 8.83. The molecule has 1 amide bonds. The van der Waals surface area contributed by atoms with E-state index < -0.39 is 17.9 Å². The fourth-order valence-electron chi connectivity index (χ4n) is 4.14. The second-order valence-corrected chi connectivity index (χ2v) is 9.21. The Morgan fingerprint density at radius 1 is 1.23 bits per heavy atom. The lowest BCUT2D eigenvalue weighted by atomic mass is 9.98. The number of aromatic nitrogens is 1. The molecule has 0 spiro atoms. The minimum absolute atomic E-state index is 0.0804. The standard InChI is InChI=1S/C25H19ClN2O6S/c1-4-33-24(31)22-12(2)27-25(35-22)28-19(13-6-5-7-15(10-13)32-3)18-20(29)16-11-14(26)8-9-17(16)34-21(18)23(28)30/h5-11,19H,4H2,1-3H3. The van der Waals surface area contributed by atoms with E-state index in [1.54, 1.807) is 50.2 Å². The molecule has 8 nitrogen and oxygen atoms in total. The largest absolute Gasteiger partial charge is 0.497 e. The van der Waals surface area contributed by atoms with E-state index in [1.807, 2.05) is 0 Å². The summed E-state index contributed by atoms with van der Waals surface area (Å²) in [5.41, 5.74) is 1.10. The number of amides is 1. The zero-order chi connectivity index (χ0) is 24.9. The summed E-state index contributed by atoms with van der Waals surface area (Å²) in [5.74, 6) is -0.585. The van der Waals surface area contributed by atoms with Crippen LogP contribution in [-0.4, -0.2) is 30.6 Å². The SMILES string of the molecule is CCOC(=O)c1sc(N2C(=O)c3oc4ccc(Cl)cc4c(=O)c3C2c2cccc(OC)c2)nc1C. The van der Waals surface area contributed by atoms with Gasteiger partial charge in [-0.25, -0.2) is 9.78 Å². The number of hydrogen-bond acceptors (Lipinski definition) is 8. The molecule has 0 N–H and O–H groups in total. The highest BCUT2D eigenvalue weighted by molar-refractivity contribution is 7.17. The second-order valence-electron chi connectivity index (χ2n) is 7.80. The third-order valence-electron chi connectivity index (χ3n) is 5.69. The lowest BCUT2D eigenvalue weighted by Crippen LogP contribution is -2.29. The van der Waals surface area contributed by atoms with Crippen molar-refractivity contribution in [1.29, 1.82) is 0 Å². The van der Waals surface area contributed by atoms with Gasteiger partial charge in [0.05, 0.1) is 36.4 Å². The van der Waals surface area contributed by atoms with E-state index in [9.17, 15) is 14.4 Å². The maximum Gasteiger partial charge on any atom is 0.350 e. The first-order valence-corrected chi connectivity index (χ1v) is 11.9. The maximum atomic E-state index is 13.7. The van der Waals surface area contributed by atoms with Gasteiger partial charge in [-0.15, -0.1) is 0 Å². The van der Waals surface area contributed by atoms with Crippen LogP contribution in [0.1, 0.15) is 50.0 Å². The molecular weight excluding hydrogens is 492 g/mol. The Labute approximate surface area is 208 Å². The number of rotatable bonds is 5. The number of carbonyl (C=O) groups is 2. The zero-order valence-corrected chi connectivity index (χ0v) is 20.5. The van der Waals surface area contributed by atoms with Crippen LogP contribution < -0.4 is 15.1 Å². The van der Waals surface area contributed by atoms with E-state index >= 15 is 0 Å². The van der Waals surface area contributed by atoms with Gasteiger partial charge in [-0.3, -0.25) is 14.5 Å². The van der Waals surface area contributed by atoms with Gasteiger partial charge in [-0.1, -0.05) is 35.1 Å². The van der Waals surface area contributed by atoms with Gasteiger partial charge in [0, 0.05) is 5.02 Å². The number of halogens is 1. The molecule has 0 aliphatic carbocycles. The third-order valence-corrected chi connectivity index (χ3v) is 7.07. The molecule has 1 aliphatic rings. The normalized spacial score (nSPS) is 14.9. The van der Waals surface area contributed by atoms with E-state index in [0.717, 1.165) is 11.3 Å². The van der Waals surface area contributed by atoms with Crippen LogP contribution in [0, 0.1) is 6.92 Å². The van der Waals surface area contributed by atoms with Crippen molar-refractivity contribution in [2.75, 3.05) is 18.6 Å². The lowest BCUT2D eigenvalue weighted by molar-refractivity contribution is 0.0531. The molecule has 2 aromatic carbocycles. The summed E-state index contributed by atoms with van der Waals surface area (Å²) in [7, 11) is 1.53. The molecule has 0 fully saturated rings. The van der Waals surface area contributed by atoms with Crippen molar-refractivity contribution < 1.29 is 23.5 Å². The predicted octanol–water partition coefficient (Wildman–Crippen LogP) is 5.15. The number of benzene rings is 2. The van der Waals surface area contributed by atoms with Gasteiger partial charge in [-0.2, -0.15) is 0 Å². The highest BCUT2D eigenvalue weighted by atomic mass is 35.5. The molecule has 2 aromatic heterocycles. The van der Waals surface area contributed by atoms with Gasteiger partial charge < -0.3 is 13.9 Å². The molecule has 35 heavy (non-hydrogen) atoms. The van der Waals surface area contributed by atoms with Gasteiger partial charge in [0.2, 0.25) is 5.76 Å². The Hall–Kier alpha value is -3.69. The van der Waals surface area contributed by atoms with E-state index in [4.69, 9.17) is 25.5 Å². The van der Waals surface area contributed by atoms with Crippen molar-refractivity contribution in [2.45, 2.75) is 19.9 Å². The van der Waals surface area contributed by atoms with Crippen LogP contribution in [-0.2, 0) is 4.74 Å². The molecule has 0 saturated heterocycles. The molecule has 0 radical (unpaired) electrons. The summed E-state index contributed by atoms with van der Waals surface area (Å²) in [6.45, 7) is 3.59. The highest BCUT2D eigenvalue weighted by Crippen LogP contribution is 2.43. The van der Waals surface area contributed by atoms with Crippen LogP contribution in [0.25, 0.3) is 11.0 Å². The molecule has 0 saturated carbocycles. The molecule has 4 aromatic rings. The van der Waals surface area contributed by atoms with Crippen molar-refractivity contribution in [3.63, 3.8) is 0 Å². The molecule has 10 heteroatoms. The summed E-state index contributed by atoms with van der Waals surface area (Å²) in [4.78, 5) is 46.0. The average Bonchev–Trinajstić information content (AvgIpc) is 3.37. The summed E-state index contributed by atoms with van der Waals surface area (Å²) < 4.78 is 16.4. The van der Waals surface area contributed by atoms with E-state index in [2.05, 4.69) is 4.98 Å². The number of methoxy groups -OCH3 is 1. The maximum absolute atomic E-state index is 13.7. The summed E-state index contributed by atoms with van der Waals surface area (Å²) in [5, 5.41) is 0.885. The molecule has 5 rings (SSSR count). The quantitative estimate of drug-likeness (QED) is 0.342. The smallest absolute Gasteiger partial charge is 0.350 e. The highest BCUT2D eigenvalue weighted by Gasteiger charge is 2.45. The third kappa shape index (κ3) is 3.77. The summed E-state index contributed by atoms with van der Waals surface area (Å²) >= 11 is 7.16. The van der Waals surface area contributed by atoms with Gasteiger partial charge in [-0.05, 0) is 49.7 Å². The number of anilines is 1. The summed E-state index contributed by atoms with van der Waals surface area (Å²) in [6.07, 6.45) is 0. The fraction of sp³-hybridized carbons (Fsp3) is 0.200. The van der Waals surface area contributed by atoms with E-state index in [1.165, 1.54) is 18.1 Å². The topological polar surface area (TPSA) is 98.9 Å². The Kier molecular flexibility index (Phi) is 5.82. The van der Waals surface area contributed by atoms with Crippen LogP contribution >= 0.6 is 22.9 Å². The van der Waals surface area contributed by atoms with Crippen molar-refractivity contribution in [2.24, 2.45) is 0 Å². The number of carbonyl (C=O) groups excluding carboxylic acids is 2. The van der Waals surface area contributed by atoms with Gasteiger partial charge in [0.15, 0.2) is 10.6 Å². The minimum Gasteiger partial charge on any atom is -0.497 e. The molecular formula is C25H19ClN2O6S. The first-order chi connectivity index (χ1) is 16.8. The van der Waals surface area contributed by atoms with Crippen molar-refractivity contribution in [1.82, 2.24) is 4.98 Å². The Morgan fingerprint density at radius 3 is 2.77 bits per heavy atom. The van der Waals surface area contributed by atoms with Crippen molar-refractivity contribution >= 4 is 50.9 Å². The number of esters is 1. The van der Waals surface area contributed by atoms with Gasteiger partial charge in [0.25, 0.3) is 5.91 Å². The van der Waals surface area contributed by atoms with Crippen LogP contribution in [0.2, 0.25) is 5.02 Å².